The maximum Gasteiger partial charge on any atom is 0.573 e. The average molecular weight is 690 g/mol. The molecule has 0 radical (unpaired) electrons. The van der Waals surface area contributed by atoms with Crippen molar-refractivity contribution in [2.75, 3.05) is 25.2 Å². The van der Waals surface area contributed by atoms with Crippen molar-refractivity contribution in [2.45, 2.75) is 48.6 Å². The number of methoxy groups -OCH3 is 1. The number of benzene rings is 3. The van der Waals surface area contributed by atoms with Crippen LogP contribution in [0.25, 0.3) is 0 Å². The van der Waals surface area contributed by atoms with Gasteiger partial charge in [0.25, 0.3) is 5.91 Å². The van der Waals surface area contributed by atoms with Gasteiger partial charge >= 0.3 is 18.4 Å². The molecule has 15 heteroatoms. The van der Waals surface area contributed by atoms with Gasteiger partial charge in [-0.3, -0.25) is 4.79 Å². The smallest absolute Gasteiger partial charge is 0.467 e. The number of alkyl halides is 3. The lowest BCUT2D eigenvalue weighted by atomic mass is 9.82. The lowest BCUT2D eigenvalue weighted by molar-refractivity contribution is -0.275. The molecule has 0 aromatic heterocycles. The van der Waals surface area contributed by atoms with Gasteiger partial charge in [-0.05, 0) is 72.2 Å². The molecule has 256 valence electrons. The Balaban J connectivity index is 1.64. The number of aliphatic hydroxyl groups excluding tert-OH is 1. The topological polar surface area (TPSA) is 160 Å². The first-order valence-corrected chi connectivity index (χ1v) is 16.6. The summed E-state index contributed by atoms with van der Waals surface area (Å²) in [6.45, 7) is -0.370. The number of carbonyl (C=O) groups is 3. The summed E-state index contributed by atoms with van der Waals surface area (Å²) in [6, 6.07) is 15.0. The van der Waals surface area contributed by atoms with Gasteiger partial charge in [0.1, 0.15) is 10.6 Å². The Morgan fingerprint density at radius 2 is 1.73 bits per heavy atom. The molecule has 4 rings (SSSR count). The van der Waals surface area contributed by atoms with Crippen molar-refractivity contribution in [1.29, 1.82) is 0 Å². The molecule has 11 nitrogen and oxygen atoms in total. The van der Waals surface area contributed by atoms with Gasteiger partial charge in [0.15, 0.2) is 15.9 Å². The van der Waals surface area contributed by atoms with Crippen molar-refractivity contribution in [1.82, 2.24) is 10.6 Å². The van der Waals surface area contributed by atoms with Crippen LogP contribution < -0.4 is 20.7 Å². The minimum Gasteiger partial charge on any atom is -0.467 e. The first kappa shape index (κ1) is 36.0. The summed E-state index contributed by atoms with van der Waals surface area (Å²) in [5.74, 6) is -2.25. The van der Waals surface area contributed by atoms with E-state index < -0.39 is 56.9 Å². The summed E-state index contributed by atoms with van der Waals surface area (Å²) in [7, 11) is -3.08. The zero-order valence-electron chi connectivity index (χ0n) is 25.9. The molecule has 2 unspecified atom stereocenters. The summed E-state index contributed by atoms with van der Waals surface area (Å²) in [6.07, 6.45) is 0.773. The van der Waals surface area contributed by atoms with E-state index in [9.17, 15) is 41.1 Å². The Morgan fingerprint density at radius 3 is 2.35 bits per heavy atom. The number of esters is 1. The molecular formula is C33H34F3N3O8S. The van der Waals surface area contributed by atoms with E-state index in [0.717, 1.165) is 55.7 Å². The highest BCUT2D eigenvalue weighted by Gasteiger charge is 2.34. The first-order valence-electron chi connectivity index (χ1n) is 14.7. The maximum absolute atomic E-state index is 13.4. The minimum absolute atomic E-state index is 0.104. The highest BCUT2D eigenvalue weighted by Crippen LogP contribution is 2.36. The number of sulfone groups is 1. The van der Waals surface area contributed by atoms with Crippen LogP contribution in [-0.4, -0.2) is 63.8 Å². The Labute approximate surface area is 275 Å². The van der Waals surface area contributed by atoms with Crippen LogP contribution in [0, 0.1) is 0 Å². The number of halogens is 3. The largest absolute Gasteiger partial charge is 0.573 e. The molecule has 48 heavy (non-hydrogen) atoms. The average Bonchev–Trinajstić information content (AvgIpc) is 3.05. The van der Waals surface area contributed by atoms with Gasteiger partial charge in [-0.1, -0.05) is 48.6 Å². The number of carbonyl (C=O) groups excluding carboxylic acids is 3. The van der Waals surface area contributed by atoms with Crippen LogP contribution in [0.1, 0.15) is 58.3 Å². The molecule has 0 saturated carbocycles. The quantitative estimate of drug-likeness (QED) is 0.162. The number of hydrogen-bond donors (Lipinski definition) is 4. The fourth-order valence-electron chi connectivity index (χ4n) is 5.28. The SMILES string of the molecule is COC(=O)[C@H](O)CNC(=O)c1ccc(C(NC(=O)Nc2ccc(OC(F)(F)F)c(S(C)(=O)=O)c2)c2ccccc2C2CC=CCC2)cc1. The molecule has 3 aromatic carbocycles. The molecule has 0 saturated heterocycles. The molecule has 3 amide bonds. The van der Waals surface area contributed by atoms with Gasteiger partial charge in [0.2, 0.25) is 0 Å². The highest BCUT2D eigenvalue weighted by atomic mass is 32.2. The summed E-state index contributed by atoms with van der Waals surface area (Å²) in [5.41, 5.74) is 2.42. The molecule has 1 aliphatic carbocycles. The minimum atomic E-state index is -5.14. The number of aliphatic hydroxyl groups is 1. The van der Waals surface area contributed by atoms with Gasteiger partial charge in [0, 0.05) is 17.5 Å². The third-order valence-electron chi connectivity index (χ3n) is 7.55. The van der Waals surface area contributed by atoms with E-state index in [-0.39, 0.29) is 23.7 Å². The van der Waals surface area contributed by atoms with Gasteiger partial charge in [-0.2, -0.15) is 0 Å². The lowest BCUT2D eigenvalue weighted by Crippen LogP contribution is -2.37. The molecule has 0 aliphatic heterocycles. The standard InChI is InChI=1S/C33H34F3N3O8S/c1-46-31(42)26(40)19-37-30(41)22-14-12-21(13-15-22)29(25-11-7-6-10-24(25)20-8-4-3-5-9-20)39-32(43)38-23-16-17-27(47-33(34,35)36)28(18-23)48(2,44)45/h3-4,6-7,10-18,20,26,29,40H,5,8-9,19H2,1-2H3,(H,37,41)(H2,38,39,43)/t20?,26-,29?/m1/s1. The number of hydrogen-bond acceptors (Lipinski definition) is 8. The van der Waals surface area contributed by atoms with Crippen LogP contribution >= 0.6 is 0 Å². The highest BCUT2D eigenvalue weighted by molar-refractivity contribution is 7.90. The predicted molar refractivity (Wildman–Crippen MR) is 169 cm³/mol. The van der Waals surface area contributed by atoms with E-state index in [0.29, 0.717) is 11.8 Å². The summed E-state index contributed by atoms with van der Waals surface area (Å²) >= 11 is 0. The van der Waals surface area contributed by atoms with Crippen LogP contribution in [0.2, 0.25) is 0 Å². The number of urea groups is 1. The van der Waals surface area contributed by atoms with Gasteiger partial charge < -0.3 is 30.5 Å². The molecule has 0 bridgehead atoms. The Kier molecular flexibility index (Phi) is 11.5. The van der Waals surface area contributed by atoms with Crippen LogP contribution in [0.4, 0.5) is 23.7 Å². The van der Waals surface area contributed by atoms with Gasteiger partial charge in [-0.15, -0.1) is 13.2 Å². The zero-order chi connectivity index (χ0) is 35.1. The third-order valence-corrected chi connectivity index (χ3v) is 8.67. The van der Waals surface area contributed by atoms with Crippen LogP contribution in [-0.2, 0) is 19.4 Å². The molecule has 0 heterocycles. The molecule has 0 spiro atoms. The van der Waals surface area contributed by atoms with Crippen molar-refractivity contribution in [3.05, 3.63) is 101 Å². The van der Waals surface area contributed by atoms with E-state index in [4.69, 9.17) is 0 Å². The second kappa shape index (κ2) is 15.3. The second-order valence-electron chi connectivity index (χ2n) is 11.0. The lowest BCUT2D eigenvalue weighted by Gasteiger charge is -2.27. The second-order valence-corrected chi connectivity index (χ2v) is 13.0. The Bertz CT molecular complexity index is 1780. The molecule has 0 fully saturated rings. The van der Waals surface area contributed by atoms with E-state index in [1.165, 1.54) is 12.1 Å². The summed E-state index contributed by atoms with van der Waals surface area (Å²) in [5, 5.41) is 17.6. The van der Waals surface area contributed by atoms with E-state index in [1.54, 1.807) is 12.1 Å². The number of amides is 3. The molecule has 3 atom stereocenters. The zero-order valence-corrected chi connectivity index (χ0v) is 26.7. The maximum atomic E-state index is 13.4. The van der Waals surface area contributed by atoms with E-state index in [1.807, 2.05) is 24.3 Å². The number of rotatable bonds is 11. The van der Waals surface area contributed by atoms with Crippen LogP contribution in [0.5, 0.6) is 5.75 Å². The first-order chi connectivity index (χ1) is 22.7. The fraction of sp³-hybridized carbons (Fsp3) is 0.303. The molecular weight excluding hydrogens is 655 g/mol. The van der Waals surface area contributed by atoms with Crippen molar-refractivity contribution < 1.29 is 50.6 Å². The number of allylic oxidation sites excluding steroid dienone is 2. The third kappa shape index (κ3) is 9.58. The summed E-state index contributed by atoms with van der Waals surface area (Å²) < 4.78 is 71.5. The van der Waals surface area contributed by atoms with Crippen LogP contribution in [0.3, 0.4) is 0 Å². The predicted octanol–water partition coefficient (Wildman–Crippen LogP) is 4.99. The van der Waals surface area contributed by atoms with Crippen molar-refractivity contribution in [3.63, 3.8) is 0 Å². The monoisotopic (exact) mass is 689 g/mol. The molecule has 3 aromatic rings. The van der Waals surface area contributed by atoms with E-state index >= 15 is 0 Å². The van der Waals surface area contributed by atoms with Gasteiger partial charge in [0.05, 0.1) is 19.7 Å². The molecule has 1 aliphatic rings. The molecule has 4 N–H and O–H groups in total. The number of anilines is 1. The normalized spacial score (nSPS) is 15.9. The van der Waals surface area contributed by atoms with Crippen molar-refractivity contribution in [3.8, 4) is 5.75 Å². The number of nitrogens with one attached hydrogen (secondary N) is 3. The fourth-order valence-corrected chi connectivity index (χ4v) is 6.10. The summed E-state index contributed by atoms with van der Waals surface area (Å²) in [4.78, 5) is 36.8. The van der Waals surface area contributed by atoms with Crippen molar-refractivity contribution >= 4 is 33.4 Å². The Morgan fingerprint density at radius 1 is 1.02 bits per heavy atom. The van der Waals surface area contributed by atoms with Gasteiger partial charge in [-0.25, -0.2) is 18.0 Å². The number of ether oxygens (including phenoxy) is 2. The Hall–Kier alpha value is -4.89. The van der Waals surface area contributed by atoms with Crippen LogP contribution in [0.15, 0.2) is 83.8 Å². The van der Waals surface area contributed by atoms with E-state index in [2.05, 4.69) is 37.6 Å². The van der Waals surface area contributed by atoms with Crippen molar-refractivity contribution in [2.24, 2.45) is 0 Å².